The zero-order chi connectivity index (χ0) is 29.9. The summed E-state index contributed by atoms with van der Waals surface area (Å²) in [6.07, 6.45) is 3.52. The van der Waals surface area contributed by atoms with E-state index in [2.05, 4.69) is 0 Å². The van der Waals surface area contributed by atoms with Crippen LogP contribution in [0.15, 0.2) is 97.1 Å². The van der Waals surface area contributed by atoms with Crippen LogP contribution in [0.5, 0.6) is 11.5 Å². The maximum Gasteiger partial charge on any atom is 0.186 e. The predicted octanol–water partition coefficient (Wildman–Crippen LogP) is 6.55. The van der Waals surface area contributed by atoms with Crippen LogP contribution >= 0.6 is 0 Å². The van der Waals surface area contributed by atoms with Gasteiger partial charge in [0.25, 0.3) is 0 Å². The van der Waals surface area contributed by atoms with Crippen LogP contribution in [0.25, 0.3) is 6.08 Å². The minimum atomic E-state index is -1.68. The number of carbonyl (C=O) groups is 3. The second-order valence-corrected chi connectivity index (χ2v) is 11.0. The molecule has 1 saturated heterocycles. The van der Waals surface area contributed by atoms with Gasteiger partial charge in [0.1, 0.15) is 28.8 Å². The average Bonchev–Trinajstić information content (AvgIpc) is 3.47. The van der Waals surface area contributed by atoms with Crippen LogP contribution in [0.3, 0.4) is 0 Å². The Morgan fingerprint density at radius 1 is 0.907 bits per heavy atom. The number of rotatable bonds is 6. The van der Waals surface area contributed by atoms with Gasteiger partial charge in [0.15, 0.2) is 17.3 Å². The standard InChI is InChI=1S/C36H28FNO5/c1-3-43-29-14-7-6-13-27(29)31-32(33(39)22-9-8-10-24(20-22)42-2)38-28-17-16-23(37)19-21(28)15-18-30(38)36(31)34(40)25-11-4-5-12-26(25)35(36)41/h4-20,30-32H,3H2,1-2H3/t30-,31-,32+/m0/s1. The number of para-hydroxylation sites is 1. The van der Waals surface area contributed by atoms with Crippen LogP contribution in [-0.4, -0.2) is 43.2 Å². The molecule has 0 unspecified atom stereocenters. The molecule has 1 fully saturated rings. The third-order valence-corrected chi connectivity index (χ3v) is 8.94. The first-order valence-electron chi connectivity index (χ1n) is 14.3. The maximum atomic E-state index is 14.9. The Labute approximate surface area is 248 Å². The number of hydrogen-bond donors (Lipinski definition) is 0. The molecule has 0 bridgehead atoms. The molecule has 43 heavy (non-hydrogen) atoms. The van der Waals surface area contributed by atoms with E-state index in [9.17, 15) is 18.8 Å². The summed E-state index contributed by atoms with van der Waals surface area (Å²) < 4.78 is 26.0. The molecule has 1 aliphatic carbocycles. The Morgan fingerprint density at radius 3 is 2.35 bits per heavy atom. The van der Waals surface area contributed by atoms with Crippen LogP contribution in [-0.2, 0) is 0 Å². The largest absolute Gasteiger partial charge is 0.497 e. The summed E-state index contributed by atoms with van der Waals surface area (Å²) in [6.45, 7) is 2.21. The summed E-state index contributed by atoms with van der Waals surface area (Å²) in [4.78, 5) is 46.3. The van der Waals surface area contributed by atoms with E-state index < -0.39 is 29.2 Å². The number of methoxy groups -OCH3 is 1. The molecule has 7 rings (SSSR count). The molecular formula is C36H28FNO5. The molecule has 1 spiro atoms. The summed E-state index contributed by atoms with van der Waals surface area (Å²) in [5.74, 6) is -1.33. The van der Waals surface area contributed by atoms with Gasteiger partial charge in [-0.05, 0) is 43.3 Å². The molecule has 0 aromatic heterocycles. The van der Waals surface area contributed by atoms with Gasteiger partial charge in [-0.2, -0.15) is 0 Å². The first kappa shape index (κ1) is 26.8. The van der Waals surface area contributed by atoms with Crippen molar-refractivity contribution in [2.75, 3.05) is 18.6 Å². The fraction of sp³-hybridized carbons (Fsp3) is 0.194. The van der Waals surface area contributed by atoms with Crippen molar-refractivity contribution in [3.63, 3.8) is 0 Å². The van der Waals surface area contributed by atoms with Crippen molar-refractivity contribution in [1.82, 2.24) is 0 Å². The molecule has 7 heteroatoms. The number of halogens is 1. The molecule has 2 heterocycles. The van der Waals surface area contributed by atoms with Gasteiger partial charge in [0.2, 0.25) is 0 Å². The molecule has 0 amide bonds. The maximum absolute atomic E-state index is 14.9. The van der Waals surface area contributed by atoms with E-state index in [-0.39, 0.29) is 17.3 Å². The Kier molecular flexibility index (Phi) is 6.27. The highest BCUT2D eigenvalue weighted by Crippen LogP contribution is 2.62. The van der Waals surface area contributed by atoms with E-state index in [4.69, 9.17) is 9.47 Å². The van der Waals surface area contributed by atoms with E-state index >= 15 is 0 Å². The van der Waals surface area contributed by atoms with Crippen LogP contribution in [0.4, 0.5) is 10.1 Å². The lowest BCUT2D eigenvalue weighted by atomic mass is 9.64. The number of anilines is 1. The normalized spacial score (nSPS) is 21.0. The molecule has 0 N–H and O–H groups in total. The van der Waals surface area contributed by atoms with E-state index in [0.29, 0.717) is 51.6 Å². The van der Waals surface area contributed by atoms with E-state index in [1.165, 1.54) is 19.2 Å². The Balaban J connectivity index is 1.56. The molecule has 4 aromatic carbocycles. The topological polar surface area (TPSA) is 72.9 Å². The Bertz CT molecular complexity index is 1810. The highest BCUT2D eigenvalue weighted by atomic mass is 19.1. The Hall–Kier alpha value is -5.04. The third kappa shape index (κ3) is 3.74. The number of ketones is 3. The number of hydrogen-bond acceptors (Lipinski definition) is 6. The van der Waals surface area contributed by atoms with Crippen molar-refractivity contribution >= 4 is 29.1 Å². The monoisotopic (exact) mass is 573 g/mol. The molecule has 3 aliphatic rings. The van der Waals surface area contributed by atoms with Crippen LogP contribution in [0, 0.1) is 11.2 Å². The minimum absolute atomic E-state index is 0.292. The van der Waals surface area contributed by atoms with Crippen molar-refractivity contribution in [3.05, 3.63) is 131 Å². The summed E-state index contributed by atoms with van der Waals surface area (Å²) in [6, 6.07) is 23.5. The highest BCUT2D eigenvalue weighted by Gasteiger charge is 2.72. The number of carbonyl (C=O) groups excluding carboxylic acids is 3. The molecule has 0 radical (unpaired) electrons. The SMILES string of the molecule is CCOc1ccccc1[C@H]1[C@H](C(=O)c2cccc(OC)c2)N2c3ccc(F)cc3C=C[C@H]2C12C(=O)c1ccccc1C2=O. The second kappa shape index (κ2) is 10.1. The molecule has 3 atom stereocenters. The third-order valence-electron chi connectivity index (χ3n) is 8.94. The van der Waals surface area contributed by atoms with Gasteiger partial charge in [-0.15, -0.1) is 0 Å². The number of ether oxygens (including phenoxy) is 2. The van der Waals surface area contributed by atoms with Crippen molar-refractivity contribution in [2.24, 2.45) is 5.41 Å². The second-order valence-electron chi connectivity index (χ2n) is 11.0. The quantitative estimate of drug-likeness (QED) is 0.192. The highest BCUT2D eigenvalue weighted by molar-refractivity contribution is 6.32. The summed E-state index contributed by atoms with van der Waals surface area (Å²) in [5.41, 5.74) is 1.07. The minimum Gasteiger partial charge on any atom is -0.497 e. The molecular weight excluding hydrogens is 545 g/mol. The lowest BCUT2D eigenvalue weighted by Gasteiger charge is -2.37. The van der Waals surface area contributed by atoms with Crippen molar-refractivity contribution < 1.29 is 28.2 Å². The molecule has 2 aliphatic heterocycles. The molecule has 4 aromatic rings. The van der Waals surface area contributed by atoms with Crippen LogP contribution in [0.2, 0.25) is 0 Å². The Morgan fingerprint density at radius 2 is 1.63 bits per heavy atom. The summed E-state index contributed by atoms with van der Waals surface area (Å²) in [7, 11) is 1.53. The van der Waals surface area contributed by atoms with Gasteiger partial charge < -0.3 is 14.4 Å². The zero-order valence-electron chi connectivity index (χ0n) is 23.6. The molecule has 214 valence electrons. The van der Waals surface area contributed by atoms with E-state index in [1.54, 1.807) is 72.8 Å². The molecule has 0 saturated carbocycles. The fourth-order valence-electron chi connectivity index (χ4n) is 7.26. The van der Waals surface area contributed by atoms with E-state index in [1.807, 2.05) is 30.0 Å². The molecule has 6 nitrogen and oxygen atoms in total. The average molecular weight is 574 g/mol. The lowest BCUT2D eigenvalue weighted by Crippen LogP contribution is -2.48. The van der Waals surface area contributed by atoms with Crippen LogP contribution < -0.4 is 14.4 Å². The first-order chi connectivity index (χ1) is 20.9. The van der Waals surface area contributed by atoms with Gasteiger partial charge in [-0.3, -0.25) is 14.4 Å². The van der Waals surface area contributed by atoms with Gasteiger partial charge in [0, 0.05) is 39.4 Å². The summed E-state index contributed by atoms with van der Waals surface area (Å²) >= 11 is 0. The fourth-order valence-corrected chi connectivity index (χ4v) is 7.26. The zero-order valence-corrected chi connectivity index (χ0v) is 23.6. The number of fused-ring (bicyclic) bond motifs is 5. The smallest absolute Gasteiger partial charge is 0.186 e. The van der Waals surface area contributed by atoms with Gasteiger partial charge in [-0.1, -0.05) is 66.7 Å². The van der Waals surface area contributed by atoms with Crippen LogP contribution in [0.1, 0.15) is 55.0 Å². The van der Waals surface area contributed by atoms with Gasteiger partial charge in [0.05, 0.1) is 19.8 Å². The summed E-state index contributed by atoms with van der Waals surface area (Å²) in [5, 5.41) is 0. The number of nitrogens with zero attached hydrogens (tertiary/aromatic N) is 1. The van der Waals surface area contributed by atoms with Gasteiger partial charge in [-0.25, -0.2) is 4.39 Å². The van der Waals surface area contributed by atoms with Gasteiger partial charge >= 0.3 is 0 Å². The first-order valence-corrected chi connectivity index (χ1v) is 14.3. The van der Waals surface area contributed by atoms with E-state index in [0.717, 1.165) is 0 Å². The predicted molar refractivity (Wildman–Crippen MR) is 161 cm³/mol. The van der Waals surface area contributed by atoms with Crippen molar-refractivity contribution in [2.45, 2.75) is 24.9 Å². The van der Waals surface area contributed by atoms with Crippen molar-refractivity contribution in [3.8, 4) is 11.5 Å². The lowest BCUT2D eigenvalue weighted by molar-refractivity contribution is 0.0664. The number of benzene rings is 4. The van der Waals surface area contributed by atoms with Crippen molar-refractivity contribution in [1.29, 1.82) is 0 Å². The number of Topliss-reactive ketones (excluding diaryl/α,β-unsaturated/α-hetero) is 3.